The number of benzene rings is 2. The zero-order valence-corrected chi connectivity index (χ0v) is 11.3. The van der Waals surface area contributed by atoms with Gasteiger partial charge in [0.2, 0.25) is 0 Å². The zero-order valence-electron chi connectivity index (χ0n) is 11.3. The number of hydrogen-bond acceptors (Lipinski definition) is 2. The zero-order chi connectivity index (χ0) is 13.1. The van der Waals surface area contributed by atoms with E-state index < -0.39 is 0 Å². The number of hydrogen-bond donors (Lipinski definition) is 1. The fourth-order valence-electron chi connectivity index (χ4n) is 2.68. The Kier molecular flexibility index (Phi) is 3.51. The highest BCUT2D eigenvalue weighted by atomic mass is 15.2. The Balaban J connectivity index is 1.69. The van der Waals surface area contributed by atoms with Gasteiger partial charge >= 0.3 is 0 Å². The van der Waals surface area contributed by atoms with Crippen LogP contribution in [0.25, 0.3) is 11.1 Å². The standard InChI is InChI=1S/C17H20N2/c1-19-12-11-17(13-19)18-16-9-7-15(8-10-16)14-5-3-2-4-6-14/h2-10,17-18H,11-13H2,1H3. The molecule has 1 heterocycles. The molecule has 1 saturated heterocycles. The maximum atomic E-state index is 3.61. The van der Waals surface area contributed by atoms with Gasteiger partial charge in [-0.2, -0.15) is 0 Å². The Hall–Kier alpha value is -1.80. The van der Waals surface area contributed by atoms with Crippen LogP contribution in [0.4, 0.5) is 5.69 Å². The molecule has 98 valence electrons. The summed E-state index contributed by atoms with van der Waals surface area (Å²) in [5.74, 6) is 0. The molecule has 0 aromatic heterocycles. The first-order valence-electron chi connectivity index (χ1n) is 6.92. The predicted molar refractivity (Wildman–Crippen MR) is 81.4 cm³/mol. The first kappa shape index (κ1) is 12.2. The van der Waals surface area contributed by atoms with E-state index >= 15 is 0 Å². The highest BCUT2D eigenvalue weighted by Crippen LogP contribution is 2.22. The first-order valence-corrected chi connectivity index (χ1v) is 6.92. The molecule has 0 bridgehead atoms. The van der Waals surface area contributed by atoms with E-state index in [-0.39, 0.29) is 0 Å². The largest absolute Gasteiger partial charge is 0.381 e. The molecule has 1 atom stereocenters. The van der Waals surface area contributed by atoms with Crippen molar-refractivity contribution >= 4 is 5.69 Å². The first-order chi connectivity index (χ1) is 9.31. The molecular weight excluding hydrogens is 232 g/mol. The molecule has 1 unspecified atom stereocenters. The van der Waals surface area contributed by atoms with Crippen LogP contribution in [-0.4, -0.2) is 31.1 Å². The molecule has 1 aliphatic rings. The van der Waals surface area contributed by atoms with Crippen LogP contribution >= 0.6 is 0 Å². The molecule has 1 aliphatic heterocycles. The third-order valence-electron chi connectivity index (χ3n) is 3.75. The van der Waals surface area contributed by atoms with Crippen molar-refractivity contribution in [1.29, 1.82) is 0 Å². The number of rotatable bonds is 3. The van der Waals surface area contributed by atoms with E-state index in [2.05, 4.69) is 71.9 Å². The van der Waals surface area contributed by atoms with Crippen molar-refractivity contribution in [1.82, 2.24) is 4.90 Å². The van der Waals surface area contributed by atoms with Crippen molar-refractivity contribution in [3.63, 3.8) is 0 Å². The van der Waals surface area contributed by atoms with Crippen molar-refractivity contribution in [2.24, 2.45) is 0 Å². The molecule has 1 fully saturated rings. The van der Waals surface area contributed by atoms with Crippen LogP contribution in [-0.2, 0) is 0 Å². The van der Waals surface area contributed by atoms with Crippen molar-refractivity contribution in [3.8, 4) is 11.1 Å². The van der Waals surface area contributed by atoms with E-state index in [9.17, 15) is 0 Å². The van der Waals surface area contributed by atoms with Crippen LogP contribution in [0.5, 0.6) is 0 Å². The van der Waals surface area contributed by atoms with E-state index in [4.69, 9.17) is 0 Å². The highest BCUT2D eigenvalue weighted by molar-refractivity contribution is 5.65. The maximum absolute atomic E-state index is 3.61. The third kappa shape index (κ3) is 2.96. The summed E-state index contributed by atoms with van der Waals surface area (Å²) in [6.45, 7) is 2.33. The highest BCUT2D eigenvalue weighted by Gasteiger charge is 2.18. The minimum atomic E-state index is 0.590. The van der Waals surface area contributed by atoms with E-state index in [0.29, 0.717) is 6.04 Å². The quantitative estimate of drug-likeness (QED) is 0.900. The molecule has 3 rings (SSSR count). The normalized spacial score (nSPS) is 19.5. The predicted octanol–water partition coefficient (Wildman–Crippen LogP) is 3.47. The summed E-state index contributed by atoms with van der Waals surface area (Å²) >= 11 is 0. The van der Waals surface area contributed by atoms with Crippen molar-refractivity contribution < 1.29 is 0 Å². The van der Waals surface area contributed by atoms with Crippen LogP contribution in [0.2, 0.25) is 0 Å². The smallest absolute Gasteiger partial charge is 0.0400 e. The molecule has 2 nitrogen and oxygen atoms in total. The lowest BCUT2D eigenvalue weighted by molar-refractivity contribution is 0.414. The Labute approximate surface area is 115 Å². The minimum absolute atomic E-state index is 0.590. The Morgan fingerprint density at radius 2 is 1.63 bits per heavy atom. The lowest BCUT2D eigenvalue weighted by atomic mass is 10.1. The molecule has 19 heavy (non-hydrogen) atoms. The molecule has 0 amide bonds. The van der Waals surface area contributed by atoms with Gasteiger partial charge in [-0.1, -0.05) is 42.5 Å². The number of nitrogens with one attached hydrogen (secondary N) is 1. The van der Waals surface area contributed by atoms with Gasteiger partial charge in [-0.05, 0) is 43.3 Å². The van der Waals surface area contributed by atoms with Gasteiger partial charge in [0.25, 0.3) is 0 Å². The van der Waals surface area contributed by atoms with Crippen LogP contribution < -0.4 is 5.32 Å². The van der Waals surface area contributed by atoms with Crippen molar-refractivity contribution in [3.05, 3.63) is 54.6 Å². The summed E-state index contributed by atoms with van der Waals surface area (Å²) in [7, 11) is 2.18. The Bertz CT molecular complexity index is 519. The van der Waals surface area contributed by atoms with Crippen molar-refractivity contribution in [2.75, 3.05) is 25.5 Å². The molecule has 2 aromatic rings. The van der Waals surface area contributed by atoms with Crippen LogP contribution in [0.15, 0.2) is 54.6 Å². The van der Waals surface area contributed by atoms with E-state index in [1.165, 1.54) is 29.8 Å². The van der Waals surface area contributed by atoms with Crippen molar-refractivity contribution in [2.45, 2.75) is 12.5 Å². The fourth-order valence-corrected chi connectivity index (χ4v) is 2.68. The summed E-state index contributed by atoms with van der Waals surface area (Å²) < 4.78 is 0. The molecular formula is C17H20N2. The van der Waals surface area contributed by atoms with Gasteiger partial charge in [0, 0.05) is 18.3 Å². The molecule has 1 N–H and O–H groups in total. The maximum Gasteiger partial charge on any atom is 0.0400 e. The summed E-state index contributed by atoms with van der Waals surface area (Å²) in [6, 6.07) is 19.8. The van der Waals surface area contributed by atoms with E-state index in [0.717, 1.165) is 6.54 Å². The summed E-state index contributed by atoms with van der Waals surface area (Å²) in [4.78, 5) is 2.37. The number of anilines is 1. The topological polar surface area (TPSA) is 15.3 Å². The average molecular weight is 252 g/mol. The SMILES string of the molecule is CN1CCC(Nc2ccc(-c3ccccc3)cc2)C1. The number of likely N-dealkylation sites (tertiary alicyclic amines) is 1. The Morgan fingerprint density at radius 3 is 2.26 bits per heavy atom. The molecule has 0 saturated carbocycles. The molecule has 2 aromatic carbocycles. The van der Waals surface area contributed by atoms with Gasteiger partial charge in [-0.3, -0.25) is 0 Å². The number of nitrogens with zero attached hydrogens (tertiary/aromatic N) is 1. The molecule has 0 radical (unpaired) electrons. The molecule has 0 spiro atoms. The molecule has 0 aliphatic carbocycles. The molecule has 2 heteroatoms. The number of likely N-dealkylation sites (N-methyl/N-ethyl adjacent to an activating group) is 1. The summed E-state index contributed by atoms with van der Waals surface area (Å²) in [5.41, 5.74) is 3.77. The van der Waals surface area contributed by atoms with E-state index in [1.54, 1.807) is 0 Å². The Morgan fingerprint density at radius 1 is 0.947 bits per heavy atom. The monoisotopic (exact) mass is 252 g/mol. The van der Waals surface area contributed by atoms with Crippen LogP contribution in [0.3, 0.4) is 0 Å². The van der Waals surface area contributed by atoms with Gasteiger partial charge in [0.05, 0.1) is 0 Å². The van der Waals surface area contributed by atoms with E-state index in [1.807, 2.05) is 0 Å². The van der Waals surface area contributed by atoms with Gasteiger partial charge in [-0.25, -0.2) is 0 Å². The minimum Gasteiger partial charge on any atom is -0.381 e. The van der Waals surface area contributed by atoms with Crippen LogP contribution in [0.1, 0.15) is 6.42 Å². The van der Waals surface area contributed by atoms with Gasteiger partial charge in [0.1, 0.15) is 0 Å². The fraction of sp³-hybridized carbons (Fsp3) is 0.294. The second-order valence-electron chi connectivity index (χ2n) is 5.34. The van der Waals surface area contributed by atoms with Gasteiger partial charge < -0.3 is 10.2 Å². The second-order valence-corrected chi connectivity index (χ2v) is 5.34. The second kappa shape index (κ2) is 5.45. The lowest BCUT2D eigenvalue weighted by Crippen LogP contribution is -2.23. The summed E-state index contributed by atoms with van der Waals surface area (Å²) in [5, 5.41) is 3.61. The average Bonchev–Trinajstić information content (AvgIpc) is 2.86. The van der Waals surface area contributed by atoms with Crippen LogP contribution in [0, 0.1) is 0 Å². The summed E-state index contributed by atoms with van der Waals surface area (Å²) in [6.07, 6.45) is 1.23. The van der Waals surface area contributed by atoms with Gasteiger partial charge in [0.15, 0.2) is 0 Å². The lowest BCUT2D eigenvalue weighted by Gasteiger charge is -2.14. The van der Waals surface area contributed by atoms with Gasteiger partial charge in [-0.15, -0.1) is 0 Å². The third-order valence-corrected chi connectivity index (χ3v) is 3.75.